The summed E-state index contributed by atoms with van der Waals surface area (Å²) < 4.78 is 21.9. The summed E-state index contributed by atoms with van der Waals surface area (Å²) in [4.78, 5) is 32.4. The maximum atomic E-state index is 14.6. The van der Waals surface area contributed by atoms with Crippen molar-refractivity contribution in [2.45, 2.75) is 38.1 Å². The molecule has 4 heterocycles. The number of benzene rings is 1. The molecule has 2 aliphatic heterocycles. The van der Waals surface area contributed by atoms with Gasteiger partial charge in [-0.05, 0) is 56.8 Å². The van der Waals surface area contributed by atoms with Crippen LogP contribution in [0.1, 0.15) is 41.8 Å². The Labute approximate surface area is 188 Å². The molecule has 2 fully saturated rings. The third-order valence-corrected chi connectivity index (χ3v) is 7.22. The van der Waals surface area contributed by atoms with Gasteiger partial charge in [0.2, 0.25) is 0 Å². The molecular formula is C23H25FN4O3S. The highest BCUT2D eigenvalue weighted by Gasteiger charge is 2.23. The number of hydrogen-bond donors (Lipinski definition) is 1. The van der Waals surface area contributed by atoms with E-state index in [2.05, 4.69) is 10.3 Å². The van der Waals surface area contributed by atoms with Crippen LogP contribution in [-0.2, 0) is 0 Å². The van der Waals surface area contributed by atoms with E-state index in [1.54, 1.807) is 23.1 Å². The molecule has 9 heteroatoms. The second kappa shape index (κ2) is 8.99. The lowest BCUT2D eigenvalue weighted by Crippen LogP contribution is -2.26. The van der Waals surface area contributed by atoms with Crippen molar-refractivity contribution >= 4 is 27.5 Å². The maximum absolute atomic E-state index is 14.6. The van der Waals surface area contributed by atoms with E-state index in [9.17, 15) is 14.0 Å². The Morgan fingerprint density at radius 3 is 2.84 bits per heavy atom. The largest absolute Gasteiger partial charge is 0.490 e. The van der Waals surface area contributed by atoms with Gasteiger partial charge in [-0.3, -0.25) is 14.2 Å². The number of fused-ring (bicyclic) bond motifs is 1. The number of halogens is 1. The van der Waals surface area contributed by atoms with E-state index in [1.165, 1.54) is 23.4 Å². The van der Waals surface area contributed by atoms with Gasteiger partial charge in [-0.2, -0.15) is 0 Å². The Morgan fingerprint density at radius 1 is 1.25 bits per heavy atom. The molecule has 7 nitrogen and oxygen atoms in total. The van der Waals surface area contributed by atoms with Crippen LogP contribution in [0.15, 0.2) is 35.4 Å². The van der Waals surface area contributed by atoms with Gasteiger partial charge in [-0.1, -0.05) is 0 Å². The quantitative estimate of drug-likeness (QED) is 0.616. The number of rotatable bonds is 6. The molecule has 1 atom stereocenters. The molecule has 0 aliphatic carbocycles. The van der Waals surface area contributed by atoms with Gasteiger partial charge in [0.15, 0.2) is 11.6 Å². The number of nitrogens with zero attached hydrogens (tertiary/aromatic N) is 3. The van der Waals surface area contributed by atoms with E-state index in [4.69, 9.17) is 4.74 Å². The minimum absolute atomic E-state index is 0.0585. The van der Waals surface area contributed by atoms with Crippen LogP contribution in [0.3, 0.4) is 0 Å². The highest BCUT2D eigenvalue weighted by molar-refractivity contribution is 7.20. The average molecular weight is 457 g/mol. The second-order valence-electron chi connectivity index (χ2n) is 8.29. The number of likely N-dealkylation sites (tertiary alicyclic amines) is 1. The molecule has 0 spiro atoms. The zero-order chi connectivity index (χ0) is 22.1. The molecule has 2 saturated heterocycles. The van der Waals surface area contributed by atoms with Crippen LogP contribution in [0.2, 0.25) is 0 Å². The molecule has 2 aliphatic rings. The summed E-state index contributed by atoms with van der Waals surface area (Å²) >= 11 is 1.15. The molecule has 1 N–H and O–H groups in total. The number of thiophene rings is 1. The fourth-order valence-electron chi connectivity index (χ4n) is 4.35. The maximum Gasteiger partial charge on any atom is 0.275 e. The van der Waals surface area contributed by atoms with Crippen molar-refractivity contribution in [3.63, 3.8) is 0 Å². The molecular weight excluding hydrogens is 431 g/mol. The van der Waals surface area contributed by atoms with Crippen LogP contribution < -0.4 is 15.6 Å². The summed E-state index contributed by atoms with van der Waals surface area (Å²) in [6.07, 6.45) is 6.51. The lowest BCUT2D eigenvalue weighted by Gasteiger charge is -2.13. The Balaban J connectivity index is 1.35. The molecule has 1 aromatic carbocycles. The van der Waals surface area contributed by atoms with Crippen LogP contribution in [0.5, 0.6) is 5.75 Å². The van der Waals surface area contributed by atoms with Crippen LogP contribution >= 0.6 is 11.3 Å². The van der Waals surface area contributed by atoms with Crippen molar-refractivity contribution in [2.75, 3.05) is 26.2 Å². The van der Waals surface area contributed by atoms with Crippen molar-refractivity contribution in [2.24, 2.45) is 0 Å². The van der Waals surface area contributed by atoms with E-state index in [1.807, 2.05) is 0 Å². The number of nitrogens with one attached hydrogen (secondary N) is 1. The fraction of sp³-hybridized carbons (Fsp3) is 0.435. The lowest BCUT2D eigenvalue weighted by molar-refractivity contribution is 0.0797. The first-order valence-corrected chi connectivity index (χ1v) is 11.9. The number of amides is 1. The predicted octanol–water partition coefficient (Wildman–Crippen LogP) is 3.34. The van der Waals surface area contributed by atoms with Gasteiger partial charge < -0.3 is 15.0 Å². The van der Waals surface area contributed by atoms with E-state index in [0.717, 1.165) is 56.7 Å². The van der Waals surface area contributed by atoms with Crippen molar-refractivity contribution in [3.8, 4) is 11.4 Å². The molecule has 1 unspecified atom stereocenters. The molecule has 32 heavy (non-hydrogen) atoms. The van der Waals surface area contributed by atoms with Gasteiger partial charge in [0.1, 0.15) is 11.0 Å². The predicted molar refractivity (Wildman–Crippen MR) is 121 cm³/mol. The van der Waals surface area contributed by atoms with Crippen molar-refractivity contribution in [1.29, 1.82) is 0 Å². The Hall–Kier alpha value is -2.78. The van der Waals surface area contributed by atoms with Crippen LogP contribution in [0, 0.1) is 5.82 Å². The number of hydrogen-bond acceptors (Lipinski definition) is 6. The Kier molecular flexibility index (Phi) is 5.93. The van der Waals surface area contributed by atoms with Gasteiger partial charge in [-0.25, -0.2) is 9.37 Å². The van der Waals surface area contributed by atoms with Gasteiger partial charge in [0.05, 0.1) is 22.7 Å². The molecule has 168 valence electrons. The SMILES string of the molecule is O=C(c1cc2ncn(-c3ccc(OCCC4CCCN4)c(F)c3)c(=O)c2s1)N1CCCC1. The average Bonchev–Trinajstić information content (AvgIpc) is 3.56. The first kappa shape index (κ1) is 21.1. The summed E-state index contributed by atoms with van der Waals surface area (Å²) in [6, 6.07) is 6.57. The number of ether oxygens (including phenoxy) is 1. The zero-order valence-corrected chi connectivity index (χ0v) is 18.5. The minimum atomic E-state index is -0.523. The van der Waals surface area contributed by atoms with E-state index in [-0.39, 0.29) is 17.2 Å². The van der Waals surface area contributed by atoms with E-state index in [0.29, 0.717) is 33.4 Å². The first-order valence-electron chi connectivity index (χ1n) is 11.1. The van der Waals surface area contributed by atoms with E-state index < -0.39 is 5.82 Å². The third kappa shape index (κ3) is 4.14. The van der Waals surface area contributed by atoms with Gasteiger partial charge in [0.25, 0.3) is 11.5 Å². The summed E-state index contributed by atoms with van der Waals surface area (Å²) in [6.45, 7) is 2.95. The monoisotopic (exact) mass is 456 g/mol. The molecule has 0 radical (unpaired) electrons. The first-order chi connectivity index (χ1) is 15.6. The molecule has 1 amide bonds. The van der Waals surface area contributed by atoms with Gasteiger partial charge >= 0.3 is 0 Å². The Bertz CT molecular complexity index is 1200. The van der Waals surface area contributed by atoms with E-state index >= 15 is 0 Å². The number of carbonyl (C=O) groups excluding carboxylic acids is 1. The number of aromatic nitrogens is 2. The standard InChI is InChI=1S/C23H25FN4O3S/c24-17-12-16(5-6-19(17)31-11-7-15-4-3-8-25-15)28-14-26-18-13-20(32-21(18)23(28)30)22(29)27-9-1-2-10-27/h5-6,12-15,25H,1-4,7-11H2. The number of carbonyl (C=O) groups is 1. The van der Waals surface area contributed by atoms with Gasteiger partial charge in [-0.15, -0.1) is 11.3 Å². The second-order valence-corrected chi connectivity index (χ2v) is 9.34. The van der Waals surface area contributed by atoms with Gasteiger partial charge in [0, 0.05) is 25.2 Å². The third-order valence-electron chi connectivity index (χ3n) is 6.12. The highest BCUT2D eigenvalue weighted by atomic mass is 32.1. The molecule has 2 aromatic heterocycles. The Morgan fingerprint density at radius 2 is 2.09 bits per heavy atom. The molecule has 0 bridgehead atoms. The summed E-state index contributed by atoms with van der Waals surface area (Å²) in [7, 11) is 0. The molecule has 3 aromatic rings. The summed E-state index contributed by atoms with van der Waals surface area (Å²) in [5.41, 5.74) is 0.535. The van der Waals surface area contributed by atoms with Crippen molar-refractivity contribution in [3.05, 3.63) is 51.6 Å². The van der Waals surface area contributed by atoms with Crippen LogP contribution in [0.25, 0.3) is 15.9 Å². The van der Waals surface area contributed by atoms with Crippen LogP contribution in [-0.4, -0.2) is 52.6 Å². The normalized spacial score (nSPS) is 18.5. The minimum Gasteiger partial charge on any atom is -0.490 e. The lowest BCUT2D eigenvalue weighted by atomic mass is 10.2. The smallest absolute Gasteiger partial charge is 0.275 e. The topological polar surface area (TPSA) is 76.5 Å². The summed E-state index contributed by atoms with van der Waals surface area (Å²) in [5.74, 6) is -0.412. The highest BCUT2D eigenvalue weighted by Crippen LogP contribution is 2.25. The van der Waals surface area contributed by atoms with Crippen molar-refractivity contribution < 1.29 is 13.9 Å². The van der Waals surface area contributed by atoms with Crippen LogP contribution in [0.4, 0.5) is 4.39 Å². The molecule has 0 saturated carbocycles. The molecule has 5 rings (SSSR count). The summed E-state index contributed by atoms with van der Waals surface area (Å²) in [5, 5.41) is 3.39. The van der Waals surface area contributed by atoms with Crippen molar-refractivity contribution in [1.82, 2.24) is 19.8 Å². The zero-order valence-electron chi connectivity index (χ0n) is 17.7. The fourth-order valence-corrected chi connectivity index (χ4v) is 5.36.